The number of hydrogen-bond donors (Lipinski definition) is 3. The largest absolute Gasteiger partial charge is 0.365 e. The molecule has 4 N–H and O–H groups in total. The van der Waals surface area contributed by atoms with E-state index in [2.05, 4.69) is 20.1 Å². The summed E-state index contributed by atoms with van der Waals surface area (Å²) < 4.78 is 29.2. The van der Waals surface area contributed by atoms with Crippen molar-refractivity contribution in [2.24, 2.45) is 12.8 Å². The van der Waals surface area contributed by atoms with Gasteiger partial charge in [-0.15, -0.1) is 0 Å². The molecule has 29 heavy (non-hydrogen) atoms. The number of carbonyl (C=O) groups excluding carboxylic acids is 1. The average molecular weight is 417 g/mol. The Bertz CT molecular complexity index is 1170. The van der Waals surface area contributed by atoms with Gasteiger partial charge in [0.25, 0.3) is 5.91 Å². The molecular formula is C19H24N6O3S. The number of aryl methyl sites for hydroxylation is 2. The number of nitrogens with one attached hydrogen (secondary N) is 2. The van der Waals surface area contributed by atoms with Crippen LogP contribution in [-0.4, -0.2) is 35.6 Å². The van der Waals surface area contributed by atoms with E-state index in [0.717, 1.165) is 12.8 Å². The third-order valence-corrected chi connectivity index (χ3v) is 5.99. The van der Waals surface area contributed by atoms with Crippen LogP contribution in [0.5, 0.6) is 0 Å². The van der Waals surface area contributed by atoms with Gasteiger partial charge in [-0.2, -0.15) is 5.10 Å². The van der Waals surface area contributed by atoms with E-state index in [1.165, 1.54) is 18.3 Å². The first-order chi connectivity index (χ1) is 13.7. The number of benzene rings is 1. The fraction of sp³-hybridized carbons (Fsp3) is 0.316. The fourth-order valence-corrected chi connectivity index (χ4v) is 4.20. The summed E-state index contributed by atoms with van der Waals surface area (Å²) in [5.41, 5.74) is 7.93. The molecule has 0 unspecified atom stereocenters. The number of unbranched alkanes of at least 4 members (excludes halogenated alkanes) is 1. The van der Waals surface area contributed by atoms with Crippen LogP contribution in [0.4, 0.5) is 11.4 Å². The minimum absolute atomic E-state index is 0.132. The molecule has 0 aliphatic rings. The Hall–Kier alpha value is -2.98. The molecule has 2 heterocycles. The smallest absolute Gasteiger partial charge is 0.252 e. The van der Waals surface area contributed by atoms with Crippen LogP contribution >= 0.6 is 0 Å². The first-order valence-electron chi connectivity index (χ1n) is 9.23. The zero-order chi connectivity index (χ0) is 21.2. The summed E-state index contributed by atoms with van der Waals surface area (Å²) in [6.07, 6.45) is 3.04. The molecule has 0 bridgehead atoms. The molecule has 0 aliphatic heterocycles. The molecule has 2 aromatic heterocycles. The quantitative estimate of drug-likeness (QED) is 0.482. The maximum Gasteiger partial charge on any atom is 0.252 e. The number of carbonyl (C=O) groups is 1. The van der Waals surface area contributed by atoms with Crippen molar-refractivity contribution in [3.63, 3.8) is 0 Å². The number of aromatic nitrogens is 3. The Morgan fingerprint density at radius 1 is 1.31 bits per heavy atom. The number of sulfonamides is 1. The Morgan fingerprint density at radius 3 is 2.76 bits per heavy atom. The first-order valence-corrected chi connectivity index (χ1v) is 10.7. The lowest BCUT2D eigenvalue weighted by atomic mass is 10.1. The normalized spacial score (nSPS) is 11.7. The van der Waals surface area contributed by atoms with E-state index >= 15 is 0 Å². The molecule has 154 valence electrons. The van der Waals surface area contributed by atoms with Gasteiger partial charge in [-0.3, -0.25) is 9.48 Å². The summed E-state index contributed by atoms with van der Waals surface area (Å²) in [7, 11) is -1.88. The number of amides is 1. The zero-order valence-electron chi connectivity index (χ0n) is 16.6. The summed E-state index contributed by atoms with van der Waals surface area (Å²) in [6.45, 7) is 4.17. The minimum Gasteiger partial charge on any atom is -0.365 e. The third kappa shape index (κ3) is 4.22. The third-order valence-electron chi connectivity index (χ3n) is 4.53. The second-order valence-electron chi connectivity index (χ2n) is 6.72. The van der Waals surface area contributed by atoms with Gasteiger partial charge in [0.05, 0.1) is 27.2 Å². The highest BCUT2D eigenvalue weighted by Crippen LogP contribution is 2.31. The van der Waals surface area contributed by atoms with Crippen LogP contribution < -0.4 is 15.8 Å². The van der Waals surface area contributed by atoms with Crippen LogP contribution in [0, 0.1) is 6.92 Å². The number of nitrogens with zero attached hydrogens (tertiary/aromatic N) is 3. The van der Waals surface area contributed by atoms with Crippen molar-refractivity contribution in [2.75, 3.05) is 11.9 Å². The molecule has 0 atom stereocenters. The number of nitrogens with two attached hydrogens (primary N) is 1. The molecule has 3 aromatic rings. The Labute approximate surface area is 169 Å². The number of hydrogen-bond acceptors (Lipinski definition) is 6. The molecule has 0 radical (unpaired) electrons. The van der Waals surface area contributed by atoms with Crippen LogP contribution in [0.1, 0.15) is 35.8 Å². The SMILES string of the molecule is CCCCNS(=O)(=O)c1cccc(Nc2c(C(N)=O)cnc3c2c(C)nn3C)c1. The lowest BCUT2D eigenvalue weighted by Gasteiger charge is -2.13. The van der Waals surface area contributed by atoms with E-state index in [-0.39, 0.29) is 10.5 Å². The van der Waals surface area contributed by atoms with Crippen molar-refractivity contribution in [2.45, 2.75) is 31.6 Å². The summed E-state index contributed by atoms with van der Waals surface area (Å²) in [5, 5.41) is 8.14. The van der Waals surface area contributed by atoms with Crippen molar-refractivity contribution in [3.8, 4) is 0 Å². The van der Waals surface area contributed by atoms with Crippen LogP contribution in [0.3, 0.4) is 0 Å². The predicted molar refractivity (Wildman–Crippen MR) is 112 cm³/mol. The molecule has 1 amide bonds. The standard InChI is InChI=1S/C19H24N6O3S/c1-4-5-9-22-29(27,28)14-8-6-7-13(10-14)23-17-15(18(20)26)11-21-19-16(17)12(2)24-25(19)3/h6-8,10-11,22H,4-5,9H2,1-3H3,(H2,20,26)(H,21,23). The van der Waals surface area contributed by atoms with Gasteiger partial charge >= 0.3 is 0 Å². The van der Waals surface area contributed by atoms with E-state index in [4.69, 9.17) is 5.73 Å². The van der Waals surface area contributed by atoms with Gasteiger partial charge in [0.2, 0.25) is 10.0 Å². The van der Waals surface area contributed by atoms with Crippen molar-refractivity contribution >= 4 is 38.3 Å². The van der Waals surface area contributed by atoms with Gasteiger partial charge < -0.3 is 11.1 Å². The first kappa shape index (κ1) is 20.7. The number of primary amides is 1. The van der Waals surface area contributed by atoms with Gasteiger partial charge in [0.1, 0.15) is 0 Å². The monoisotopic (exact) mass is 416 g/mol. The van der Waals surface area contributed by atoms with Gasteiger partial charge in [0, 0.05) is 25.5 Å². The molecule has 3 rings (SSSR count). The molecule has 1 aromatic carbocycles. The lowest BCUT2D eigenvalue weighted by Crippen LogP contribution is -2.24. The van der Waals surface area contributed by atoms with Gasteiger partial charge in [0.15, 0.2) is 5.65 Å². The minimum atomic E-state index is -3.63. The summed E-state index contributed by atoms with van der Waals surface area (Å²) >= 11 is 0. The summed E-state index contributed by atoms with van der Waals surface area (Å²) in [5.74, 6) is -0.643. The number of pyridine rings is 1. The summed E-state index contributed by atoms with van der Waals surface area (Å²) in [6, 6.07) is 6.38. The Morgan fingerprint density at radius 2 is 2.07 bits per heavy atom. The van der Waals surface area contributed by atoms with Gasteiger partial charge in [-0.25, -0.2) is 18.1 Å². The topological polar surface area (TPSA) is 132 Å². The second kappa shape index (κ2) is 8.18. The molecule has 9 nitrogen and oxygen atoms in total. The molecule has 0 aliphatic carbocycles. The molecular weight excluding hydrogens is 392 g/mol. The highest BCUT2D eigenvalue weighted by molar-refractivity contribution is 7.89. The lowest BCUT2D eigenvalue weighted by molar-refractivity contribution is 0.100. The molecule has 10 heteroatoms. The van der Waals surface area contributed by atoms with Crippen molar-refractivity contribution in [1.82, 2.24) is 19.5 Å². The van der Waals surface area contributed by atoms with Crippen molar-refractivity contribution < 1.29 is 13.2 Å². The molecule has 0 fully saturated rings. The van der Waals surface area contributed by atoms with E-state index < -0.39 is 15.9 Å². The van der Waals surface area contributed by atoms with E-state index in [0.29, 0.717) is 34.6 Å². The predicted octanol–water partition coefficient (Wildman–Crippen LogP) is 2.20. The van der Waals surface area contributed by atoms with Crippen molar-refractivity contribution in [3.05, 3.63) is 41.7 Å². The Balaban J connectivity index is 2.04. The zero-order valence-corrected chi connectivity index (χ0v) is 17.4. The maximum absolute atomic E-state index is 12.5. The summed E-state index contributed by atoms with van der Waals surface area (Å²) in [4.78, 5) is 16.4. The maximum atomic E-state index is 12.5. The Kier molecular flexibility index (Phi) is 5.85. The van der Waals surface area contributed by atoms with Gasteiger partial charge in [-0.05, 0) is 31.5 Å². The second-order valence-corrected chi connectivity index (χ2v) is 8.49. The number of anilines is 2. The molecule has 0 saturated carbocycles. The van der Waals surface area contributed by atoms with Crippen LogP contribution in [0.2, 0.25) is 0 Å². The van der Waals surface area contributed by atoms with Crippen LogP contribution in [-0.2, 0) is 17.1 Å². The van der Waals surface area contributed by atoms with Crippen LogP contribution in [0.25, 0.3) is 11.0 Å². The van der Waals surface area contributed by atoms with Crippen LogP contribution in [0.15, 0.2) is 35.4 Å². The van der Waals surface area contributed by atoms with Crippen molar-refractivity contribution in [1.29, 1.82) is 0 Å². The highest BCUT2D eigenvalue weighted by atomic mass is 32.2. The molecule has 0 spiro atoms. The van der Waals surface area contributed by atoms with E-state index in [9.17, 15) is 13.2 Å². The number of fused-ring (bicyclic) bond motifs is 1. The fourth-order valence-electron chi connectivity index (χ4n) is 3.08. The molecule has 0 saturated heterocycles. The van der Waals surface area contributed by atoms with E-state index in [1.807, 2.05) is 6.92 Å². The number of rotatable bonds is 8. The highest BCUT2D eigenvalue weighted by Gasteiger charge is 2.19. The van der Waals surface area contributed by atoms with E-state index in [1.54, 1.807) is 30.8 Å². The average Bonchev–Trinajstić information content (AvgIpc) is 2.96. The van der Waals surface area contributed by atoms with Gasteiger partial charge in [-0.1, -0.05) is 19.4 Å².